The number of thiazole rings is 1. The van der Waals surface area contributed by atoms with Crippen LogP contribution in [0.25, 0.3) is 10.6 Å². The third kappa shape index (κ3) is 3.16. The van der Waals surface area contributed by atoms with Gasteiger partial charge >= 0.3 is 0 Å². The van der Waals surface area contributed by atoms with Crippen LogP contribution in [0.4, 0.5) is 5.69 Å². The van der Waals surface area contributed by atoms with E-state index in [1.165, 1.54) is 5.69 Å². The van der Waals surface area contributed by atoms with E-state index in [0.29, 0.717) is 4.99 Å². The average Bonchev–Trinajstić information content (AvgIpc) is 2.83. The molecule has 0 spiro atoms. The Balaban J connectivity index is 2.37. The number of hydrogen-bond acceptors (Lipinski definition) is 4. The fourth-order valence-electron chi connectivity index (χ4n) is 1.98. The second-order valence-corrected chi connectivity index (χ2v) is 6.29. The van der Waals surface area contributed by atoms with Crippen LogP contribution in [0.2, 0.25) is 0 Å². The molecule has 0 aliphatic heterocycles. The highest BCUT2D eigenvalue weighted by Gasteiger charge is 2.14. The third-order valence-corrected chi connectivity index (χ3v) is 4.55. The van der Waals surface area contributed by atoms with E-state index in [9.17, 15) is 0 Å². The summed E-state index contributed by atoms with van der Waals surface area (Å²) in [6.07, 6.45) is 1.96. The second-order valence-electron chi connectivity index (χ2n) is 4.85. The highest BCUT2D eigenvalue weighted by atomic mass is 32.1. The predicted octanol–water partition coefficient (Wildman–Crippen LogP) is 3.46. The molecular weight excluding hydrogens is 286 g/mol. The Morgan fingerprint density at radius 2 is 1.95 bits per heavy atom. The maximum absolute atomic E-state index is 5.80. The Morgan fingerprint density at radius 3 is 2.45 bits per heavy atom. The lowest BCUT2D eigenvalue weighted by Crippen LogP contribution is -2.09. The summed E-state index contributed by atoms with van der Waals surface area (Å²) >= 11 is 6.71. The second kappa shape index (κ2) is 6.33. The predicted molar refractivity (Wildman–Crippen MR) is 91.8 cm³/mol. The Morgan fingerprint density at radius 1 is 1.30 bits per heavy atom. The van der Waals surface area contributed by atoms with Crippen LogP contribution in [-0.4, -0.2) is 24.1 Å². The molecule has 0 radical (unpaired) electrons. The lowest BCUT2D eigenvalue weighted by Gasteiger charge is -2.11. The van der Waals surface area contributed by atoms with Crippen molar-refractivity contribution in [1.29, 1.82) is 0 Å². The average molecular weight is 305 g/mol. The fourth-order valence-corrected chi connectivity index (χ4v) is 3.19. The minimum absolute atomic E-state index is 0.446. The molecule has 0 aliphatic carbocycles. The van der Waals surface area contributed by atoms with Crippen molar-refractivity contribution in [3.05, 3.63) is 34.8 Å². The molecule has 20 heavy (non-hydrogen) atoms. The Hall–Kier alpha value is -1.46. The zero-order valence-electron chi connectivity index (χ0n) is 12.0. The molecule has 0 fully saturated rings. The molecule has 1 aromatic carbocycles. The van der Waals surface area contributed by atoms with Crippen molar-refractivity contribution in [3.8, 4) is 10.6 Å². The lowest BCUT2D eigenvalue weighted by atomic mass is 10.2. The summed E-state index contributed by atoms with van der Waals surface area (Å²) in [5.41, 5.74) is 9.11. The maximum Gasteiger partial charge on any atom is 0.124 e. The van der Waals surface area contributed by atoms with Gasteiger partial charge in [-0.05, 0) is 30.7 Å². The Labute approximate surface area is 129 Å². The molecular formula is C15H19N3S2. The summed E-state index contributed by atoms with van der Waals surface area (Å²) in [4.78, 5) is 8.18. The smallest absolute Gasteiger partial charge is 0.124 e. The normalized spacial score (nSPS) is 10.6. The maximum atomic E-state index is 5.80. The number of anilines is 1. The number of nitrogens with two attached hydrogens (primary N) is 1. The van der Waals surface area contributed by atoms with E-state index in [4.69, 9.17) is 22.9 Å². The third-order valence-electron chi connectivity index (χ3n) is 3.04. The van der Waals surface area contributed by atoms with E-state index < -0.39 is 0 Å². The van der Waals surface area contributed by atoms with Crippen molar-refractivity contribution in [2.45, 2.75) is 19.8 Å². The van der Waals surface area contributed by atoms with Crippen molar-refractivity contribution in [3.63, 3.8) is 0 Å². The van der Waals surface area contributed by atoms with Gasteiger partial charge < -0.3 is 10.6 Å². The van der Waals surface area contributed by atoms with Crippen LogP contribution in [0.1, 0.15) is 23.9 Å². The van der Waals surface area contributed by atoms with Crippen LogP contribution >= 0.6 is 23.6 Å². The van der Waals surface area contributed by atoms with Gasteiger partial charge in [-0.2, -0.15) is 0 Å². The summed E-state index contributed by atoms with van der Waals surface area (Å²) < 4.78 is 0. The number of hydrogen-bond donors (Lipinski definition) is 1. The monoisotopic (exact) mass is 305 g/mol. The first-order valence-electron chi connectivity index (χ1n) is 6.60. The summed E-state index contributed by atoms with van der Waals surface area (Å²) in [5.74, 6) is 0. The molecule has 0 amide bonds. The number of nitrogens with zero attached hydrogens (tertiary/aromatic N) is 2. The van der Waals surface area contributed by atoms with Crippen molar-refractivity contribution in [2.24, 2.45) is 5.73 Å². The number of aromatic nitrogens is 1. The molecule has 3 nitrogen and oxygen atoms in total. The largest absolute Gasteiger partial charge is 0.389 e. The number of thiocarbonyl (C=S) groups is 1. The molecule has 5 heteroatoms. The molecule has 1 aromatic heterocycles. The van der Waals surface area contributed by atoms with Gasteiger partial charge in [0.05, 0.1) is 10.6 Å². The van der Waals surface area contributed by atoms with Crippen LogP contribution in [0.15, 0.2) is 24.3 Å². The highest BCUT2D eigenvalue weighted by molar-refractivity contribution is 7.81. The van der Waals surface area contributed by atoms with Crippen molar-refractivity contribution in [2.75, 3.05) is 19.0 Å². The van der Waals surface area contributed by atoms with Gasteiger partial charge in [0.25, 0.3) is 0 Å². The summed E-state index contributed by atoms with van der Waals surface area (Å²) in [6.45, 7) is 2.13. The van der Waals surface area contributed by atoms with Gasteiger partial charge in [0.15, 0.2) is 0 Å². The van der Waals surface area contributed by atoms with E-state index in [0.717, 1.165) is 34.0 Å². The Kier molecular flexibility index (Phi) is 4.73. The molecule has 1 heterocycles. The molecule has 0 bridgehead atoms. The number of benzene rings is 1. The minimum atomic E-state index is 0.446. The van der Waals surface area contributed by atoms with Crippen molar-refractivity contribution >= 4 is 34.2 Å². The van der Waals surface area contributed by atoms with E-state index in [-0.39, 0.29) is 0 Å². The molecule has 2 N–H and O–H groups in total. The molecule has 2 rings (SSSR count). The van der Waals surface area contributed by atoms with E-state index in [1.807, 2.05) is 14.1 Å². The van der Waals surface area contributed by atoms with Gasteiger partial charge in [-0.15, -0.1) is 11.3 Å². The highest BCUT2D eigenvalue weighted by Crippen LogP contribution is 2.30. The van der Waals surface area contributed by atoms with Crippen molar-refractivity contribution < 1.29 is 0 Å². The topological polar surface area (TPSA) is 42.2 Å². The summed E-state index contributed by atoms with van der Waals surface area (Å²) in [7, 11) is 4.06. The van der Waals surface area contributed by atoms with Crippen LogP contribution < -0.4 is 10.6 Å². The summed E-state index contributed by atoms with van der Waals surface area (Å²) in [6, 6.07) is 8.37. The van der Waals surface area contributed by atoms with Crippen molar-refractivity contribution in [1.82, 2.24) is 4.98 Å². The quantitative estimate of drug-likeness (QED) is 0.859. The van der Waals surface area contributed by atoms with E-state index >= 15 is 0 Å². The van der Waals surface area contributed by atoms with Crippen LogP contribution in [0, 0.1) is 0 Å². The van der Waals surface area contributed by atoms with Gasteiger partial charge in [0.2, 0.25) is 0 Å². The summed E-state index contributed by atoms with van der Waals surface area (Å²) in [5, 5.41) is 0.988. The minimum Gasteiger partial charge on any atom is -0.389 e. The molecule has 106 valence electrons. The molecule has 0 saturated heterocycles. The molecule has 0 saturated carbocycles. The van der Waals surface area contributed by atoms with Crippen LogP contribution in [-0.2, 0) is 6.42 Å². The fraction of sp³-hybridized carbons (Fsp3) is 0.333. The van der Waals surface area contributed by atoms with Crippen LogP contribution in [0.3, 0.4) is 0 Å². The van der Waals surface area contributed by atoms with Gasteiger partial charge in [-0.3, -0.25) is 0 Å². The lowest BCUT2D eigenvalue weighted by molar-refractivity contribution is 0.892. The van der Waals surface area contributed by atoms with Gasteiger partial charge in [-0.1, -0.05) is 25.6 Å². The standard InChI is InChI=1S/C15H19N3S2/c1-4-5-12-13(14(16)19)20-15(17-12)10-6-8-11(9-7-10)18(2)3/h6-9H,4-5H2,1-3H3,(H2,16,19). The molecule has 0 atom stereocenters. The van der Waals surface area contributed by atoms with E-state index in [1.54, 1.807) is 11.3 Å². The molecule has 0 aliphatic rings. The van der Waals surface area contributed by atoms with Gasteiger partial charge in [-0.25, -0.2) is 4.98 Å². The molecule has 0 unspecified atom stereocenters. The first-order chi connectivity index (χ1) is 9.52. The first-order valence-corrected chi connectivity index (χ1v) is 7.82. The van der Waals surface area contributed by atoms with Crippen LogP contribution in [0.5, 0.6) is 0 Å². The molecule has 2 aromatic rings. The Bertz CT molecular complexity index is 600. The van der Waals surface area contributed by atoms with E-state index in [2.05, 4.69) is 36.1 Å². The number of rotatable bonds is 5. The SMILES string of the molecule is CCCc1nc(-c2ccc(N(C)C)cc2)sc1C(N)=S. The van der Waals surface area contributed by atoms with Gasteiger partial charge in [0.1, 0.15) is 10.00 Å². The zero-order chi connectivity index (χ0) is 14.7. The number of aryl methyl sites for hydroxylation is 1. The zero-order valence-corrected chi connectivity index (χ0v) is 13.6. The first kappa shape index (κ1) is 14.9. The van der Waals surface area contributed by atoms with Gasteiger partial charge in [0, 0.05) is 25.3 Å².